The molecule has 2 nitrogen and oxygen atoms in total. The van der Waals surface area contributed by atoms with Gasteiger partial charge in [-0.25, -0.2) is 0 Å². The minimum Gasteiger partial charge on any atom is -0.392 e. The van der Waals surface area contributed by atoms with Crippen LogP contribution in [0, 0.1) is 0 Å². The summed E-state index contributed by atoms with van der Waals surface area (Å²) in [6.45, 7) is 0.0481. The highest BCUT2D eigenvalue weighted by molar-refractivity contribution is 5.99. The standard InChI is InChI=1S/C12H12O2/c13-7-8-2-1-3-10-9(8)6-11(14)12(10)4-5-12/h1-3,13H,4-7H2. The van der Waals surface area contributed by atoms with Crippen molar-refractivity contribution >= 4 is 5.78 Å². The van der Waals surface area contributed by atoms with Crippen LogP contribution in [0.1, 0.15) is 29.5 Å². The molecule has 3 rings (SSSR count). The average Bonchev–Trinajstić information content (AvgIpc) is 2.93. The lowest BCUT2D eigenvalue weighted by atomic mass is 9.96. The minimum atomic E-state index is -0.124. The fourth-order valence-electron chi connectivity index (χ4n) is 2.59. The number of Topliss-reactive ketones (excluding diaryl/α,β-unsaturated/α-hetero) is 1. The van der Waals surface area contributed by atoms with Crippen molar-refractivity contribution in [2.24, 2.45) is 0 Å². The van der Waals surface area contributed by atoms with Gasteiger partial charge in [0, 0.05) is 6.42 Å². The minimum absolute atomic E-state index is 0.0481. The number of fused-ring (bicyclic) bond motifs is 2. The topological polar surface area (TPSA) is 37.3 Å². The lowest BCUT2D eigenvalue weighted by molar-refractivity contribution is -0.119. The van der Waals surface area contributed by atoms with Crippen LogP contribution in [-0.2, 0) is 23.2 Å². The fraction of sp³-hybridized carbons (Fsp3) is 0.417. The monoisotopic (exact) mass is 188 g/mol. The molecule has 2 heteroatoms. The first kappa shape index (κ1) is 8.18. The van der Waals surface area contributed by atoms with Crippen molar-refractivity contribution in [1.29, 1.82) is 0 Å². The predicted octanol–water partition coefficient (Wildman–Crippen LogP) is 1.34. The Hall–Kier alpha value is -1.15. The second-order valence-electron chi connectivity index (χ2n) is 4.28. The summed E-state index contributed by atoms with van der Waals surface area (Å²) in [5.74, 6) is 0.355. The Morgan fingerprint density at radius 1 is 1.36 bits per heavy atom. The third-order valence-electron chi connectivity index (χ3n) is 3.58. The zero-order chi connectivity index (χ0) is 9.76. The molecule has 72 valence electrons. The molecule has 0 bridgehead atoms. The van der Waals surface area contributed by atoms with Crippen LogP contribution in [0.2, 0.25) is 0 Å². The van der Waals surface area contributed by atoms with Gasteiger partial charge in [0.25, 0.3) is 0 Å². The first-order valence-corrected chi connectivity index (χ1v) is 5.03. The molecule has 1 saturated carbocycles. The Labute approximate surface area is 82.6 Å². The smallest absolute Gasteiger partial charge is 0.147 e. The van der Waals surface area contributed by atoms with Gasteiger partial charge in [-0.1, -0.05) is 18.2 Å². The summed E-state index contributed by atoms with van der Waals surface area (Å²) in [6.07, 6.45) is 2.55. The van der Waals surface area contributed by atoms with Gasteiger partial charge in [-0.05, 0) is 29.5 Å². The van der Waals surface area contributed by atoms with Gasteiger partial charge in [0.05, 0.1) is 12.0 Å². The van der Waals surface area contributed by atoms with Crippen LogP contribution in [-0.4, -0.2) is 10.9 Å². The van der Waals surface area contributed by atoms with Gasteiger partial charge in [0.1, 0.15) is 5.78 Å². The number of rotatable bonds is 1. The first-order chi connectivity index (χ1) is 6.78. The molecular formula is C12H12O2. The summed E-state index contributed by atoms with van der Waals surface area (Å²) in [7, 11) is 0. The largest absolute Gasteiger partial charge is 0.392 e. The molecule has 0 atom stereocenters. The molecular weight excluding hydrogens is 176 g/mol. The van der Waals surface area contributed by atoms with E-state index in [4.69, 9.17) is 5.11 Å². The number of aliphatic hydroxyl groups is 1. The average molecular weight is 188 g/mol. The van der Waals surface area contributed by atoms with E-state index in [2.05, 4.69) is 0 Å². The summed E-state index contributed by atoms with van der Waals surface area (Å²) < 4.78 is 0. The van der Waals surface area contributed by atoms with Crippen LogP contribution in [0.5, 0.6) is 0 Å². The van der Waals surface area contributed by atoms with E-state index in [0.29, 0.717) is 12.2 Å². The number of ketones is 1. The summed E-state index contributed by atoms with van der Waals surface area (Å²) in [4.78, 5) is 11.8. The van der Waals surface area contributed by atoms with Crippen molar-refractivity contribution in [3.8, 4) is 0 Å². The maximum absolute atomic E-state index is 11.8. The molecule has 14 heavy (non-hydrogen) atoms. The molecule has 2 aliphatic carbocycles. The molecule has 1 aromatic rings. The zero-order valence-electron chi connectivity index (χ0n) is 7.92. The maximum Gasteiger partial charge on any atom is 0.147 e. The Kier molecular flexibility index (Phi) is 1.43. The van der Waals surface area contributed by atoms with Gasteiger partial charge in [0.2, 0.25) is 0 Å². The predicted molar refractivity (Wildman–Crippen MR) is 52.0 cm³/mol. The van der Waals surface area contributed by atoms with Gasteiger partial charge in [-0.15, -0.1) is 0 Å². The Balaban J connectivity index is 2.21. The Morgan fingerprint density at radius 2 is 2.14 bits per heavy atom. The van der Waals surface area contributed by atoms with Crippen LogP contribution in [0.25, 0.3) is 0 Å². The SMILES string of the molecule is O=C1Cc2c(CO)cccc2C12CC2. The van der Waals surface area contributed by atoms with Crippen LogP contribution in [0.3, 0.4) is 0 Å². The van der Waals surface area contributed by atoms with E-state index in [9.17, 15) is 4.79 Å². The summed E-state index contributed by atoms with van der Waals surface area (Å²) in [5, 5.41) is 9.17. The van der Waals surface area contributed by atoms with Crippen molar-refractivity contribution in [2.45, 2.75) is 31.3 Å². The molecule has 0 radical (unpaired) electrons. The van der Waals surface area contributed by atoms with Crippen LogP contribution in [0.4, 0.5) is 0 Å². The highest BCUT2D eigenvalue weighted by Crippen LogP contribution is 2.54. The van der Waals surface area contributed by atoms with Gasteiger partial charge in [0.15, 0.2) is 0 Å². The van der Waals surface area contributed by atoms with E-state index < -0.39 is 0 Å². The summed E-state index contributed by atoms with van der Waals surface area (Å²) in [5.41, 5.74) is 3.09. The maximum atomic E-state index is 11.8. The van der Waals surface area contributed by atoms with E-state index >= 15 is 0 Å². The first-order valence-electron chi connectivity index (χ1n) is 5.03. The van der Waals surface area contributed by atoms with Crippen molar-refractivity contribution < 1.29 is 9.90 Å². The highest BCUT2D eigenvalue weighted by atomic mass is 16.3. The molecule has 1 fully saturated rings. The number of benzene rings is 1. The van der Waals surface area contributed by atoms with E-state index in [1.165, 1.54) is 5.56 Å². The third-order valence-corrected chi connectivity index (χ3v) is 3.58. The molecule has 0 unspecified atom stereocenters. The number of hydrogen-bond acceptors (Lipinski definition) is 2. The molecule has 0 aromatic heterocycles. The third kappa shape index (κ3) is 0.819. The molecule has 1 aromatic carbocycles. The van der Waals surface area contributed by atoms with Gasteiger partial charge in [-0.2, -0.15) is 0 Å². The van der Waals surface area contributed by atoms with Gasteiger partial charge < -0.3 is 5.11 Å². The zero-order valence-corrected chi connectivity index (χ0v) is 7.92. The fourth-order valence-corrected chi connectivity index (χ4v) is 2.59. The Bertz CT molecular complexity index is 416. The van der Waals surface area contributed by atoms with E-state index in [1.807, 2.05) is 18.2 Å². The van der Waals surface area contributed by atoms with Crippen LogP contribution >= 0.6 is 0 Å². The lowest BCUT2D eigenvalue weighted by Crippen LogP contribution is -2.13. The highest BCUT2D eigenvalue weighted by Gasteiger charge is 2.55. The number of carbonyl (C=O) groups excluding carboxylic acids is 1. The van der Waals surface area contributed by atoms with Crippen molar-refractivity contribution in [3.05, 3.63) is 34.9 Å². The van der Waals surface area contributed by atoms with Crippen molar-refractivity contribution in [3.63, 3.8) is 0 Å². The molecule has 0 saturated heterocycles. The molecule has 2 aliphatic rings. The number of hydrogen-bond donors (Lipinski definition) is 1. The molecule has 1 spiro atoms. The molecule has 1 N–H and O–H groups in total. The van der Waals surface area contributed by atoms with Crippen molar-refractivity contribution in [1.82, 2.24) is 0 Å². The number of aliphatic hydroxyl groups excluding tert-OH is 1. The van der Waals surface area contributed by atoms with Crippen LogP contribution < -0.4 is 0 Å². The van der Waals surface area contributed by atoms with Gasteiger partial charge in [-0.3, -0.25) is 4.79 Å². The summed E-state index contributed by atoms with van der Waals surface area (Å²) in [6, 6.07) is 5.91. The van der Waals surface area contributed by atoms with E-state index in [1.54, 1.807) is 0 Å². The lowest BCUT2D eigenvalue weighted by Gasteiger charge is -2.07. The normalized spacial score (nSPS) is 21.4. The van der Waals surface area contributed by atoms with E-state index in [-0.39, 0.29) is 12.0 Å². The molecule has 0 heterocycles. The van der Waals surface area contributed by atoms with Crippen molar-refractivity contribution in [2.75, 3.05) is 0 Å². The van der Waals surface area contributed by atoms with Crippen LogP contribution in [0.15, 0.2) is 18.2 Å². The number of carbonyl (C=O) groups is 1. The van der Waals surface area contributed by atoms with Gasteiger partial charge >= 0.3 is 0 Å². The second-order valence-corrected chi connectivity index (χ2v) is 4.28. The quantitative estimate of drug-likeness (QED) is 0.722. The Morgan fingerprint density at radius 3 is 2.79 bits per heavy atom. The molecule has 0 aliphatic heterocycles. The summed E-state index contributed by atoms with van der Waals surface area (Å²) >= 11 is 0. The van der Waals surface area contributed by atoms with E-state index in [0.717, 1.165) is 24.0 Å². The second kappa shape index (κ2) is 2.45. The molecule has 0 amide bonds.